The highest BCUT2D eigenvalue weighted by molar-refractivity contribution is 14.0. The molecule has 5 nitrogen and oxygen atoms in total. The van der Waals surface area contributed by atoms with Crippen LogP contribution in [-0.2, 0) is 4.74 Å². The minimum absolute atomic E-state index is 0. The number of morpholine rings is 1. The second kappa shape index (κ2) is 12.9. The van der Waals surface area contributed by atoms with E-state index in [0.717, 1.165) is 31.2 Å². The molecule has 7 heteroatoms. The van der Waals surface area contributed by atoms with Gasteiger partial charge in [0.25, 0.3) is 0 Å². The summed E-state index contributed by atoms with van der Waals surface area (Å²) in [7, 11) is 0. The first-order valence-corrected chi connectivity index (χ1v) is 10.3. The van der Waals surface area contributed by atoms with E-state index in [1.165, 1.54) is 17.7 Å². The zero-order valence-corrected chi connectivity index (χ0v) is 20.0. The minimum atomic E-state index is -0.218. The van der Waals surface area contributed by atoms with Crippen molar-refractivity contribution in [3.63, 3.8) is 0 Å². The van der Waals surface area contributed by atoms with E-state index in [2.05, 4.69) is 41.5 Å². The average molecular weight is 526 g/mol. The summed E-state index contributed by atoms with van der Waals surface area (Å²) in [6.07, 6.45) is 0. The van der Waals surface area contributed by atoms with Crippen molar-refractivity contribution >= 4 is 29.9 Å². The molecule has 1 aliphatic heterocycles. The number of nitrogens with one attached hydrogen (secondary N) is 2. The van der Waals surface area contributed by atoms with E-state index in [0.29, 0.717) is 19.8 Å². The van der Waals surface area contributed by atoms with Gasteiger partial charge in [-0.15, -0.1) is 24.0 Å². The SMILES string of the molecule is CCNC(=NCC(c1ccc(F)cc1)N1CCOCC1)NC(C)c1ccccc1.I. The van der Waals surface area contributed by atoms with E-state index in [-0.39, 0.29) is 41.9 Å². The summed E-state index contributed by atoms with van der Waals surface area (Å²) in [5.74, 6) is 0.564. The zero-order chi connectivity index (χ0) is 20.5. The first-order chi connectivity index (χ1) is 14.2. The van der Waals surface area contributed by atoms with Crippen LogP contribution < -0.4 is 10.6 Å². The Balaban J connectivity index is 0.00000320. The molecular formula is C23H32FIN4O. The molecule has 2 atom stereocenters. The monoisotopic (exact) mass is 526 g/mol. The van der Waals surface area contributed by atoms with Crippen molar-refractivity contribution in [3.8, 4) is 0 Å². The lowest BCUT2D eigenvalue weighted by atomic mass is 10.0. The first-order valence-electron chi connectivity index (χ1n) is 10.3. The highest BCUT2D eigenvalue weighted by atomic mass is 127. The Morgan fingerprint density at radius 2 is 1.73 bits per heavy atom. The molecule has 1 heterocycles. The Bertz CT molecular complexity index is 767. The van der Waals surface area contributed by atoms with Crippen molar-refractivity contribution in [1.82, 2.24) is 15.5 Å². The molecule has 0 saturated carbocycles. The molecule has 2 N–H and O–H groups in total. The van der Waals surface area contributed by atoms with Crippen LogP contribution in [0.25, 0.3) is 0 Å². The van der Waals surface area contributed by atoms with Crippen molar-refractivity contribution in [2.24, 2.45) is 4.99 Å². The molecule has 0 aliphatic carbocycles. The van der Waals surface area contributed by atoms with E-state index in [9.17, 15) is 4.39 Å². The number of nitrogens with zero attached hydrogens (tertiary/aromatic N) is 2. The lowest BCUT2D eigenvalue weighted by molar-refractivity contribution is 0.0179. The Hall–Kier alpha value is -1.71. The number of guanidine groups is 1. The minimum Gasteiger partial charge on any atom is -0.379 e. The maximum Gasteiger partial charge on any atom is 0.191 e. The predicted octanol–water partition coefficient (Wildman–Crippen LogP) is 4.13. The highest BCUT2D eigenvalue weighted by Crippen LogP contribution is 2.23. The van der Waals surface area contributed by atoms with Crippen LogP contribution in [0.15, 0.2) is 59.6 Å². The summed E-state index contributed by atoms with van der Waals surface area (Å²) in [6.45, 7) is 8.68. The largest absolute Gasteiger partial charge is 0.379 e. The number of aliphatic imine (C=N–C) groups is 1. The topological polar surface area (TPSA) is 48.9 Å². The van der Waals surface area contributed by atoms with E-state index in [1.54, 1.807) is 0 Å². The van der Waals surface area contributed by atoms with Crippen LogP contribution in [-0.4, -0.2) is 50.3 Å². The predicted molar refractivity (Wildman–Crippen MR) is 131 cm³/mol. The molecule has 0 radical (unpaired) electrons. The maximum atomic E-state index is 13.4. The number of ether oxygens (including phenoxy) is 1. The summed E-state index contributed by atoms with van der Waals surface area (Å²) in [6, 6.07) is 17.3. The molecule has 2 aromatic carbocycles. The van der Waals surface area contributed by atoms with Gasteiger partial charge in [0.15, 0.2) is 5.96 Å². The maximum absolute atomic E-state index is 13.4. The number of hydrogen-bond donors (Lipinski definition) is 2. The normalized spacial score (nSPS) is 17.0. The van der Waals surface area contributed by atoms with Gasteiger partial charge in [-0.25, -0.2) is 4.39 Å². The Morgan fingerprint density at radius 3 is 2.37 bits per heavy atom. The van der Waals surface area contributed by atoms with Crippen LogP contribution in [0.4, 0.5) is 4.39 Å². The quantitative estimate of drug-likeness (QED) is 0.324. The molecule has 2 aromatic rings. The van der Waals surface area contributed by atoms with Crippen LogP contribution >= 0.6 is 24.0 Å². The average Bonchev–Trinajstić information content (AvgIpc) is 2.76. The molecule has 0 spiro atoms. The third kappa shape index (κ3) is 7.21. The molecule has 0 bridgehead atoms. The third-order valence-electron chi connectivity index (χ3n) is 5.16. The lowest BCUT2D eigenvalue weighted by Gasteiger charge is -2.34. The fourth-order valence-corrected chi connectivity index (χ4v) is 3.53. The van der Waals surface area contributed by atoms with E-state index >= 15 is 0 Å². The van der Waals surface area contributed by atoms with E-state index in [1.807, 2.05) is 30.3 Å². The standard InChI is InChI=1S/C23H31FN4O.HI/c1-3-25-23(27-18(2)19-7-5-4-6-8-19)26-17-22(28-13-15-29-16-14-28)20-9-11-21(24)12-10-20;/h4-12,18,22H,3,13-17H2,1-2H3,(H2,25,26,27);1H. The Labute approximate surface area is 196 Å². The van der Waals surface area contributed by atoms with Crippen LogP contribution in [0.5, 0.6) is 0 Å². The molecule has 1 fully saturated rings. The molecule has 0 amide bonds. The first kappa shape index (κ1) is 24.6. The van der Waals surface area contributed by atoms with E-state index < -0.39 is 0 Å². The smallest absolute Gasteiger partial charge is 0.191 e. The summed E-state index contributed by atoms with van der Waals surface area (Å²) in [4.78, 5) is 7.24. The van der Waals surface area contributed by atoms with Gasteiger partial charge in [0, 0.05) is 19.6 Å². The van der Waals surface area contributed by atoms with Gasteiger partial charge in [0.1, 0.15) is 5.82 Å². The fraction of sp³-hybridized carbons (Fsp3) is 0.435. The van der Waals surface area contributed by atoms with Gasteiger partial charge in [0.2, 0.25) is 0 Å². The van der Waals surface area contributed by atoms with Crippen LogP contribution in [0.1, 0.15) is 37.1 Å². The van der Waals surface area contributed by atoms with Gasteiger partial charge in [-0.05, 0) is 37.1 Å². The van der Waals surface area contributed by atoms with Crippen molar-refractivity contribution in [1.29, 1.82) is 0 Å². The second-order valence-corrected chi connectivity index (χ2v) is 7.21. The summed E-state index contributed by atoms with van der Waals surface area (Å²) < 4.78 is 18.9. The number of halogens is 2. The van der Waals surface area contributed by atoms with Crippen LogP contribution in [0.3, 0.4) is 0 Å². The molecule has 1 aliphatic rings. The van der Waals surface area contributed by atoms with Gasteiger partial charge in [-0.2, -0.15) is 0 Å². The zero-order valence-electron chi connectivity index (χ0n) is 17.7. The Morgan fingerprint density at radius 1 is 1.07 bits per heavy atom. The van der Waals surface area contributed by atoms with Crippen LogP contribution in [0.2, 0.25) is 0 Å². The molecule has 164 valence electrons. The molecule has 0 aromatic heterocycles. The van der Waals surface area contributed by atoms with Gasteiger partial charge in [0.05, 0.1) is 31.8 Å². The third-order valence-corrected chi connectivity index (χ3v) is 5.16. The molecular weight excluding hydrogens is 494 g/mol. The molecule has 3 rings (SSSR count). The van der Waals surface area contributed by atoms with Crippen LogP contribution in [0, 0.1) is 5.82 Å². The molecule has 2 unspecified atom stereocenters. The lowest BCUT2D eigenvalue weighted by Crippen LogP contribution is -2.42. The highest BCUT2D eigenvalue weighted by Gasteiger charge is 2.23. The summed E-state index contributed by atoms with van der Waals surface area (Å²) in [5, 5.41) is 6.83. The van der Waals surface area contributed by atoms with Crippen molar-refractivity contribution < 1.29 is 9.13 Å². The van der Waals surface area contributed by atoms with Crippen molar-refractivity contribution in [3.05, 3.63) is 71.5 Å². The van der Waals surface area contributed by atoms with Gasteiger partial charge < -0.3 is 15.4 Å². The number of hydrogen-bond acceptors (Lipinski definition) is 3. The van der Waals surface area contributed by atoms with Crippen molar-refractivity contribution in [2.75, 3.05) is 39.4 Å². The molecule has 1 saturated heterocycles. The summed E-state index contributed by atoms with van der Waals surface area (Å²) in [5.41, 5.74) is 2.28. The number of rotatable bonds is 7. The van der Waals surface area contributed by atoms with Gasteiger partial charge >= 0.3 is 0 Å². The van der Waals surface area contributed by atoms with E-state index in [4.69, 9.17) is 9.73 Å². The molecule has 30 heavy (non-hydrogen) atoms. The second-order valence-electron chi connectivity index (χ2n) is 7.21. The Kier molecular flexibility index (Phi) is 10.5. The fourth-order valence-electron chi connectivity index (χ4n) is 3.53. The number of benzene rings is 2. The van der Waals surface area contributed by atoms with Gasteiger partial charge in [-0.1, -0.05) is 42.5 Å². The van der Waals surface area contributed by atoms with Gasteiger partial charge in [-0.3, -0.25) is 9.89 Å². The van der Waals surface area contributed by atoms with Crippen molar-refractivity contribution in [2.45, 2.75) is 25.9 Å². The summed E-state index contributed by atoms with van der Waals surface area (Å²) >= 11 is 0.